The lowest BCUT2D eigenvalue weighted by Crippen LogP contribution is -2.44. The molecule has 0 saturated carbocycles. The molecule has 1 heterocycles. The van der Waals surface area contributed by atoms with Crippen molar-refractivity contribution < 1.29 is 14.3 Å². The molecule has 0 aromatic rings. The number of methoxy groups -OCH3 is 1. The van der Waals surface area contributed by atoms with Crippen molar-refractivity contribution in [3.63, 3.8) is 0 Å². The Morgan fingerprint density at radius 3 is 2.73 bits per heavy atom. The van der Waals surface area contributed by atoms with E-state index in [9.17, 15) is 4.79 Å². The Hall–Kier alpha value is -0.745. The van der Waals surface area contributed by atoms with Crippen molar-refractivity contribution >= 4 is 14.1 Å². The van der Waals surface area contributed by atoms with Crippen molar-refractivity contribution in [3.05, 3.63) is 0 Å². The maximum absolute atomic E-state index is 11.2. The van der Waals surface area contributed by atoms with Gasteiger partial charge in [0.15, 0.2) is 7.98 Å². The number of amides is 1. The Labute approximate surface area is 91.5 Å². The molecule has 6 heteroatoms. The zero-order chi connectivity index (χ0) is 11.1. The van der Waals surface area contributed by atoms with Crippen LogP contribution in [0, 0.1) is 0 Å². The lowest BCUT2D eigenvalue weighted by Gasteiger charge is -2.29. The van der Waals surface area contributed by atoms with Crippen LogP contribution in [-0.4, -0.2) is 58.3 Å². The van der Waals surface area contributed by atoms with Crippen LogP contribution in [0.15, 0.2) is 0 Å². The lowest BCUT2D eigenvalue weighted by molar-refractivity contribution is 0.0946. The van der Waals surface area contributed by atoms with Gasteiger partial charge < -0.3 is 19.6 Å². The molecule has 0 aliphatic carbocycles. The summed E-state index contributed by atoms with van der Waals surface area (Å²) in [6, 6.07) is 0.180. The Kier molecular flexibility index (Phi) is 5.49. The summed E-state index contributed by atoms with van der Waals surface area (Å²) in [4.78, 5) is 13.0. The molecule has 1 fully saturated rings. The number of carbonyl (C=O) groups excluding carboxylic acids is 1. The van der Waals surface area contributed by atoms with Crippen molar-refractivity contribution in [2.75, 3.05) is 33.4 Å². The molecule has 1 aliphatic rings. The van der Waals surface area contributed by atoms with E-state index in [2.05, 4.69) is 5.32 Å². The summed E-state index contributed by atoms with van der Waals surface area (Å²) in [5.41, 5.74) is 0. The van der Waals surface area contributed by atoms with E-state index in [1.165, 1.54) is 0 Å². The number of nitrogens with zero attached hydrogens (tertiary/aromatic N) is 1. The fraction of sp³-hybridized carbons (Fsp3) is 0.889. The first-order valence-electron chi connectivity index (χ1n) is 5.14. The molecule has 0 bridgehead atoms. The maximum Gasteiger partial charge on any atom is 0.407 e. The van der Waals surface area contributed by atoms with E-state index < -0.39 is 0 Å². The molecule has 1 amide bonds. The van der Waals surface area contributed by atoms with Gasteiger partial charge in [-0.05, 0) is 25.9 Å². The highest BCUT2D eigenvalue weighted by Gasteiger charge is 2.18. The van der Waals surface area contributed by atoms with Crippen molar-refractivity contribution in [2.45, 2.75) is 18.9 Å². The number of carbonyl (C=O) groups is 1. The van der Waals surface area contributed by atoms with Crippen LogP contribution in [0.3, 0.4) is 0 Å². The zero-order valence-corrected chi connectivity index (χ0v) is 9.07. The van der Waals surface area contributed by atoms with Gasteiger partial charge in [-0.2, -0.15) is 0 Å². The largest absolute Gasteiger partial charge is 0.447 e. The molecule has 0 atom stereocenters. The molecule has 0 aromatic heterocycles. The van der Waals surface area contributed by atoms with E-state index in [1.54, 1.807) is 11.9 Å². The van der Waals surface area contributed by atoms with Crippen LogP contribution in [0.5, 0.6) is 0 Å². The van der Waals surface area contributed by atoms with E-state index in [0.717, 1.165) is 25.9 Å². The molecule has 1 saturated heterocycles. The number of hydrogen-bond acceptors (Lipinski definition) is 4. The summed E-state index contributed by atoms with van der Waals surface area (Å²) in [5.74, 6) is 0. The van der Waals surface area contributed by atoms with Gasteiger partial charge in [0.2, 0.25) is 0 Å². The van der Waals surface area contributed by atoms with Gasteiger partial charge in [-0.1, -0.05) is 0 Å². The smallest absolute Gasteiger partial charge is 0.407 e. The minimum Gasteiger partial charge on any atom is -0.447 e. The molecular weight excluding hydrogens is 195 g/mol. The molecule has 5 nitrogen and oxygen atoms in total. The third-order valence-corrected chi connectivity index (χ3v) is 2.37. The second kappa shape index (κ2) is 6.69. The summed E-state index contributed by atoms with van der Waals surface area (Å²) in [7, 11) is 7.17. The summed E-state index contributed by atoms with van der Waals surface area (Å²) < 4.78 is 9.66. The Bertz CT molecular complexity index is 196. The van der Waals surface area contributed by atoms with Gasteiger partial charge in [0.05, 0.1) is 6.61 Å². The van der Waals surface area contributed by atoms with E-state index in [0.29, 0.717) is 6.61 Å². The van der Waals surface area contributed by atoms with Crippen molar-refractivity contribution in [1.29, 1.82) is 0 Å². The van der Waals surface area contributed by atoms with Crippen LogP contribution < -0.4 is 5.32 Å². The zero-order valence-electron chi connectivity index (χ0n) is 9.07. The van der Waals surface area contributed by atoms with E-state index in [1.807, 2.05) is 0 Å². The highest BCUT2D eigenvalue weighted by atomic mass is 16.6. The summed E-state index contributed by atoms with van der Waals surface area (Å²) in [6.07, 6.45) is 1.37. The Morgan fingerprint density at radius 2 is 2.13 bits per heavy atom. The number of nitrogens with one attached hydrogen (secondary N) is 1. The highest BCUT2D eigenvalue weighted by Crippen LogP contribution is 2.07. The molecule has 1 rings (SSSR count). The van der Waals surface area contributed by atoms with E-state index in [4.69, 9.17) is 17.5 Å². The fourth-order valence-corrected chi connectivity index (χ4v) is 1.47. The predicted octanol–water partition coefficient (Wildman–Crippen LogP) is -0.0931. The minimum atomic E-state index is -0.373. The van der Waals surface area contributed by atoms with Gasteiger partial charge in [-0.25, -0.2) is 4.79 Å². The minimum absolute atomic E-state index is 0.180. The number of alkyl carbamates (subject to hydrolysis) is 1. The van der Waals surface area contributed by atoms with E-state index in [-0.39, 0.29) is 18.7 Å². The molecule has 0 unspecified atom stereocenters. The van der Waals surface area contributed by atoms with Crippen LogP contribution in [0.2, 0.25) is 0 Å². The number of rotatable bonds is 4. The summed E-state index contributed by atoms with van der Waals surface area (Å²) in [5, 5.41) is 2.80. The molecule has 15 heavy (non-hydrogen) atoms. The summed E-state index contributed by atoms with van der Waals surface area (Å²) >= 11 is 0. The molecule has 0 spiro atoms. The third-order valence-electron chi connectivity index (χ3n) is 2.37. The topological polar surface area (TPSA) is 50.8 Å². The van der Waals surface area contributed by atoms with Gasteiger partial charge >= 0.3 is 6.09 Å². The second-order valence-electron chi connectivity index (χ2n) is 3.58. The Balaban J connectivity index is 2.09. The normalized spacial score (nSPS) is 18.7. The molecule has 84 valence electrons. The van der Waals surface area contributed by atoms with Crippen molar-refractivity contribution in [1.82, 2.24) is 10.1 Å². The first-order chi connectivity index (χ1) is 7.22. The Morgan fingerprint density at radius 1 is 1.47 bits per heavy atom. The molecule has 1 N–H and O–H groups in total. The van der Waals surface area contributed by atoms with Gasteiger partial charge in [-0.15, -0.1) is 0 Å². The maximum atomic E-state index is 11.2. The van der Waals surface area contributed by atoms with E-state index >= 15 is 0 Å². The molecular formula is C9H17BN2O3. The van der Waals surface area contributed by atoms with Gasteiger partial charge in [-0.3, -0.25) is 0 Å². The van der Waals surface area contributed by atoms with Crippen LogP contribution in [0.4, 0.5) is 4.79 Å². The first kappa shape index (κ1) is 12.3. The SMILES string of the molecule is [B]N1CCC(NC(=O)OCCOC)CC1. The molecule has 2 radical (unpaired) electrons. The quantitative estimate of drug-likeness (QED) is 0.522. The van der Waals surface area contributed by atoms with Crippen LogP contribution in [0.1, 0.15) is 12.8 Å². The fourth-order valence-electron chi connectivity index (χ4n) is 1.47. The standard InChI is InChI=1S/C9H17BN2O3/c1-14-6-7-15-9(13)11-8-2-4-12(10)5-3-8/h8H,2-7H2,1H3,(H,11,13). The average Bonchev–Trinajstić information content (AvgIpc) is 2.22. The van der Waals surface area contributed by atoms with Gasteiger partial charge in [0.1, 0.15) is 6.61 Å². The molecule has 0 aromatic carbocycles. The van der Waals surface area contributed by atoms with Gasteiger partial charge in [0, 0.05) is 13.2 Å². The predicted molar refractivity (Wildman–Crippen MR) is 56.7 cm³/mol. The lowest BCUT2D eigenvalue weighted by atomic mass is 10.0. The van der Waals surface area contributed by atoms with Crippen molar-refractivity contribution in [2.24, 2.45) is 0 Å². The first-order valence-corrected chi connectivity index (χ1v) is 5.14. The number of hydrogen-bond donors (Lipinski definition) is 1. The van der Waals surface area contributed by atoms with Crippen LogP contribution in [-0.2, 0) is 9.47 Å². The second-order valence-corrected chi connectivity index (χ2v) is 3.58. The van der Waals surface area contributed by atoms with Crippen LogP contribution >= 0.6 is 0 Å². The molecule has 1 aliphatic heterocycles. The van der Waals surface area contributed by atoms with Crippen molar-refractivity contribution in [3.8, 4) is 0 Å². The number of ether oxygens (including phenoxy) is 2. The third kappa shape index (κ3) is 5.04. The van der Waals surface area contributed by atoms with Crippen LogP contribution in [0.25, 0.3) is 0 Å². The summed E-state index contributed by atoms with van der Waals surface area (Å²) in [6.45, 7) is 2.33. The average molecular weight is 212 g/mol. The van der Waals surface area contributed by atoms with Gasteiger partial charge in [0.25, 0.3) is 0 Å². The number of piperidine rings is 1. The monoisotopic (exact) mass is 212 g/mol. The highest BCUT2D eigenvalue weighted by molar-refractivity contribution is 6.04.